The van der Waals surface area contributed by atoms with Crippen molar-refractivity contribution >= 4 is 43.7 Å². The molecule has 5 heterocycles. The summed E-state index contributed by atoms with van der Waals surface area (Å²) in [6.45, 7) is 18.2. The first-order valence-electron chi connectivity index (χ1n) is 19.4. The third-order valence-electron chi connectivity index (χ3n) is 11.9. The van der Waals surface area contributed by atoms with Crippen molar-refractivity contribution in [3.63, 3.8) is 0 Å². The molecule has 0 atom stereocenters. The molecule has 0 bridgehead atoms. The van der Waals surface area contributed by atoms with Gasteiger partial charge in [0.15, 0.2) is 0 Å². The number of piperazine rings is 2. The zero-order chi connectivity index (χ0) is 37.3. The van der Waals surface area contributed by atoms with Crippen molar-refractivity contribution in [2.45, 2.75) is 59.2 Å². The summed E-state index contributed by atoms with van der Waals surface area (Å²) in [4.78, 5) is 41.8. The van der Waals surface area contributed by atoms with Crippen LogP contribution in [0.4, 0.5) is 0 Å². The van der Waals surface area contributed by atoms with Crippen molar-refractivity contribution in [2.24, 2.45) is 10.8 Å². The molecule has 4 aliphatic heterocycles. The van der Waals surface area contributed by atoms with Crippen LogP contribution in [0.5, 0.6) is 0 Å². The van der Waals surface area contributed by atoms with Crippen LogP contribution in [0.2, 0.25) is 0 Å². The summed E-state index contributed by atoms with van der Waals surface area (Å²) in [6, 6.07) is 20.9. The van der Waals surface area contributed by atoms with Crippen molar-refractivity contribution in [3.8, 4) is 0 Å². The molecule has 7 rings (SSSR count). The largest absolute Gasteiger partial charge is 0.340 e. The molecule has 0 radical (unpaired) electrons. The van der Waals surface area contributed by atoms with Crippen molar-refractivity contribution in [3.05, 3.63) is 98.7 Å². The third-order valence-corrected chi connectivity index (χ3v) is 13.4. The molecular formula is C42H57Br2N7O2. The summed E-state index contributed by atoms with van der Waals surface area (Å²) in [7, 11) is 0. The number of piperidine rings is 2. The summed E-state index contributed by atoms with van der Waals surface area (Å²) in [6.07, 6.45) is 7.50. The van der Waals surface area contributed by atoms with Gasteiger partial charge in [0, 0.05) is 104 Å². The number of pyridine rings is 1. The Labute approximate surface area is 333 Å². The number of amides is 2. The SMILES string of the molecule is CC1(C(=O)N2CCN(Cc3ccccc3Br)CC2)CCN(Cc2ccncc2)CC1.CC1(C(=O)N2CCN(Cc3ccccc3Br)CC2)CCNCC1. The highest BCUT2D eigenvalue weighted by atomic mass is 79.9. The average Bonchev–Trinajstić information content (AvgIpc) is 3.19. The summed E-state index contributed by atoms with van der Waals surface area (Å²) in [5.74, 6) is 0.714. The molecule has 53 heavy (non-hydrogen) atoms. The maximum Gasteiger partial charge on any atom is 0.228 e. The number of nitrogens with zero attached hydrogens (tertiary/aromatic N) is 6. The van der Waals surface area contributed by atoms with Crippen LogP contribution >= 0.6 is 31.9 Å². The van der Waals surface area contributed by atoms with E-state index in [1.807, 2.05) is 24.5 Å². The second-order valence-electron chi connectivity index (χ2n) is 15.8. The predicted molar refractivity (Wildman–Crippen MR) is 219 cm³/mol. The molecule has 4 aliphatic rings. The Morgan fingerprint density at radius 2 is 1.00 bits per heavy atom. The third kappa shape index (κ3) is 10.8. The molecule has 9 nitrogen and oxygen atoms in total. The standard InChI is InChI=1S/C24H31BrN4O.C18H26BrN3O/c1-24(8-12-27(13-9-24)18-20-6-10-26-11-7-20)23(30)29-16-14-28(15-17-29)19-21-4-2-3-5-22(21)25;1-18(6-8-20-9-7-18)17(23)22-12-10-21(11-13-22)14-15-4-2-3-5-16(15)19/h2-7,10-11H,8-9,12-19H2,1H3;2-5,20H,6-14H2,1H3. The van der Waals surface area contributed by atoms with E-state index in [9.17, 15) is 9.59 Å². The number of carbonyl (C=O) groups excluding carboxylic acids is 2. The number of benzene rings is 2. The van der Waals surface area contributed by atoms with E-state index < -0.39 is 0 Å². The van der Waals surface area contributed by atoms with Gasteiger partial charge in [0.25, 0.3) is 0 Å². The van der Waals surface area contributed by atoms with Gasteiger partial charge >= 0.3 is 0 Å². The van der Waals surface area contributed by atoms with Crippen LogP contribution < -0.4 is 5.32 Å². The topological polar surface area (TPSA) is 75.3 Å². The Hall–Kier alpha value is -2.67. The van der Waals surface area contributed by atoms with Crippen LogP contribution in [-0.4, -0.2) is 120 Å². The van der Waals surface area contributed by atoms with Crippen LogP contribution in [0.25, 0.3) is 0 Å². The van der Waals surface area contributed by atoms with E-state index in [1.165, 1.54) is 21.2 Å². The number of aromatic nitrogens is 1. The van der Waals surface area contributed by atoms with Crippen LogP contribution in [0, 0.1) is 10.8 Å². The fourth-order valence-electron chi connectivity index (χ4n) is 8.07. The van der Waals surface area contributed by atoms with E-state index in [0.29, 0.717) is 11.8 Å². The van der Waals surface area contributed by atoms with Crippen LogP contribution in [0.1, 0.15) is 56.2 Å². The quantitative estimate of drug-likeness (QED) is 0.287. The Kier molecular flexibility index (Phi) is 14.2. The maximum absolute atomic E-state index is 13.3. The molecule has 1 N–H and O–H groups in total. The monoisotopic (exact) mass is 849 g/mol. The second kappa shape index (κ2) is 18.8. The molecule has 3 aromatic rings. The molecule has 0 spiro atoms. The Morgan fingerprint density at radius 3 is 1.45 bits per heavy atom. The van der Waals surface area contributed by atoms with Gasteiger partial charge in [-0.3, -0.25) is 29.3 Å². The minimum absolute atomic E-state index is 0.157. The molecule has 0 unspecified atom stereocenters. The Bertz CT molecular complexity index is 1630. The minimum atomic E-state index is -0.223. The van der Waals surface area contributed by atoms with E-state index in [-0.39, 0.29) is 10.8 Å². The molecule has 0 saturated carbocycles. The molecular weight excluding hydrogens is 794 g/mol. The lowest BCUT2D eigenvalue weighted by atomic mass is 9.78. The maximum atomic E-state index is 13.3. The van der Waals surface area contributed by atoms with Crippen LogP contribution in [0.15, 0.2) is 82.0 Å². The normalized spacial score (nSPS) is 21.1. The number of hydrogen-bond donors (Lipinski definition) is 1. The number of nitrogens with one attached hydrogen (secondary N) is 1. The Balaban J connectivity index is 0.000000188. The summed E-state index contributed by atoms with van der Waals surface area (Å²) < 4.78 is 2.33. The molecule has 0 aliphatic carbocycles. The van der Waals surface area contributed by atoms with Gasteiger partial charge in [-0.05, 0) is 92.8 Å². The Morgan fingerprint density at radius 1 is 0.585 bits per heavy atom. The van der Waals surface area contributed by atoms with E-state index in [1.54, 1.807) is 0 Å². The van der Waals surface area contributed by atoms with Crippen molar-refractivity contribution in [2.75, 3.05) is 78.5 Å². The predicted octanol–water partition coefficient (Wildman–Crippen LogP) is 6.27. The van der Waals surface area contributed by atoms with Gasteiger partial charge < -0.3 is 15.1 Å². The zero-order valence-electron chi connectivity index (χ0n) is 31.6. The summed E-state index contributed by atoms with van der Waals surface area (Å²) >= 11 is 7.26. The lowest BCUT2D eigenvalue weighted by Crippen LogP contribution is -2.54. The van der Waals surface area contributed by atoms with Crippen molar-refractivity contribution in [1.29, 1.82) is 0 Å². The van der Waals surface area contributed by atoms with Crippen molar-refractivity contribution < 1.29 is 9.59 Å². The number of halogens is 2. The van der Waals surface area contributed by atoms with Gasteiger partial charge in [0.05, 0.1) is 0 Å². The molecule has 2 amide bonds. The fraction of sp³-hybridized carbons (Fsp3) is 0.548. The van der Waals surface area contributed by atoms with Crippen molar-refractivity contribution in [1.82, 2.24) is 34.8 Å². The van der Waals surface area contributed by atoms with Crippen LogP contribution in [0.3, 0.4) is 0 Å². The summed E-state index contributed by atoms with van der Waals surface area (Å²) in [5.41, 5.74) is 3.54. The van der Waals surface area contributed by atoms with E-state index in [0.717, 1.165) is 128 Å². The lowest BCUT2D eigenvalue weighted by molar-refractivity contribution is -0.146. The zero-order valence-corrected chi connectivity index (χ0v) is 34.8. The first kappa shape index (κ1) is 40.0. The van der Waals surface area contributed by atoms with Gasteiger partial charge in [-0.1, -0.05) is 82.1 Å². The molecule has 11 heteroatoms. The van der Waals surface area contributed by atoms with Gasteiger partial charge in [0.2, 0.25) is 11.8 Å². The molecule has 286 valence electrons. The highest BCUT2D eigenvalue weighted by Gasteiger charge is 2.41. The highest BCUT2D eigenvalue weighted by molar-refractivity contribution is 9.10. The highest BCUT2D eigenvalue weighted by Crippen LogP contribution is 2.34. The second-order valence-corrected chi connectivity index (χ2v) is 17.5. The molecule has 4 saturated heterocycles. The lowest BCUT2D eigenvalue weighted by Gasteiger charge is -2.43. The van der Waals surface area contributed by atoms with E-state index in [4.69, 9.17) is 0 Å². The van der Waals surface area contributed by atoms with Gasteiger partial charge in [-0.2, -0.15) is 0 Å². The van der Waals surface area contributed by atoms with Gasteiger partial charge in [-0.15, -0.1) is 0 Å². The molecule has 4 fully saturated rings. The summed E-state index contributed by atoms with van der Waals surface area (Å²) in [5, 5.41) is 3.35. The van der Waals surface area contributed by atoms with E-state index >= 15 is 0 Å². The smallest absolute Gasteiger partial charge is 0.228 e. The van der Waals surface area contributed by atoms with E-state index in [2.05, 4.69) is 129 Å². The number of likely N-dealkylation sites (tertiary alicyclic amines) is 1. The first-order valence-corrected chi connectivity index (χ1v) is 21.0. The van der Waals surface area contributed by atoms with Gasteiger partial charge in [0.1, 0.15) is 0 Å². The van der Waals surface area contributed by atoms with Gasteiger partial charge in [-0.25, -0.2) is 0 Å². The number of rotatable bonds is 8. The first-order chi connectivity index (χ1) is 25.6. The molecule has 1 aromatic heterocycles. The fourth-order valence-corrected chi connectivity index (χ4v) is 8.89. The minimum Gasteiger partial charge on any atom is -0.340 e. The molecule has 2 aromatic carbocycles. The van der Waals surface area contributed by atoms with Crippen LogP contribution in [-0.2, 0) is 29.2 Å². The average molecular weight is 852 g/mol. The number of hydrogen-bond acceptors (Lipinski definition) is 7. The number of carbonyl (C=O) groups is 2.